The SMILES string of the molecule is CS(=N)(=O)c1cc(CC2CCN(C(=O)N3CC[C@@H]4OCC(=O)N[C@@H]4C3)CC2)cc(C(F)(F)F)c1. The quantitative estimate of drug-likeness (QED) is 0.664. The van der Waals surface area contributed by atoms with Gasteiger partial charge in [-0.05, 0) is 55.4 Å². The fourth-order valence-corrected chi connectivity index (χ4v) is 5.63. The molecule has 0 spiro atoms. The van der Waals surface area contributed by atoms with Crippen LogP contribution >= 0.6 is 0 Å². The summed E-state index contributed by atoms with van der Waals surface area (Å²) < 4.78 is 65.3. The summed E-state index contributed by atoms with van der Waals surface area (Å²) in [4.78, 5) is 28.0. The molecule has 3 aliphatic heterocycles. The van der Waals surface area contributed by atoms with Crippen LogP contribution in [0.25, 0.3) is 0 Å². The number of fused-ring (bicyclic) bond motifs is 1. The molecule has 3 aliphatic rings. The molecule has 0 saturated carbocycles. The second kappa shape index (κ2) is 9.37. The summed E-state index contributed by atoms with van der Waals surface area (Å²) in [6, 6.07) is 2.99. The molecule has 0 aliphatic carbocycles. The van der Waals surface area contributed by atoms with Crippen LogP contribution in [0.15, 0.2) is 23.1 Å². The zero-order chi connectivity index (χ0) is 24.7. The summed E-state index contributed by atoms with van der Waals surface area (Å²) in [6.07, 6.45) is -1.25. The summed E-state index contributed by atoms with van der Waals surface area (Å²) in [7, 11) is -3.29. The van der Waals surface area contributed by atoms with Crippen LogP contribution in [0.4, 0.5) is 18.0 Å². The molecule has 3 fully saturated rings. The fraction of sp³-hybridized carbons (Fsp3) is 0.636. The maximum atomic E-state index is 13.3. The number of amides is 3. The number of nitrogens with zero attached hydrogens (tertiary/aromatic N) is 2. The Hall–Kier alpha value is -2.34. The molecule has 1 aromatic carbocycles. The summed E-state index contributed by atoms with van der Waals surface area (Å²) in [5.74, 6) is -0.103. The van der Waals surface area contributed by atoms with Gasteiger partial charge in [-0.3, -0.25) is 4.79 Å². The molecule has 12 heteroatoms. The number of carbonyl (C=O) groups excluding carboxylic acids is 2. The lowest BCUT2D eigenvalue weighted by Gasteiger charge is -2.43. The van der Waals surface area contributed by atoms with Crippen LogP contribution in [-0.2, 0) is 31.9 Å². The number of hydrogen-bond acceptors (Lipinski definition) is 5. The molecule has 3 amide bonds. The Morgan fingerprint density at radius 2 is 1.85 bits per heavy atom. The molecule has 4 rings (SSSR count). The number of morpholine rings is 1. The van der Waals surface area contributed by atoms with E-state index in [4.69, 9.17) is 9.52 Å². The topological polar surface area (TPSA) is 103 Å². The van der Waals surface area contributed by atoms with E-state index in [1.807, 2.05) is 0 Å². The number of hydrogen-bond donors (Lipinski definition) is 2. The van der Waals surface area contributed by atoms with Gasteiger partial charge in [0.2, 0.25) is 5.91 Å². The highest BCUT2D eigenvalue weighted by Crippen LogP contribution is 2.33. The summed E-state index contributed by atoms with van der Waals surface area (Å²) in [5, 5.41) is 2.88. The molecule has 34 heavy (non-hydrogen) atoms. The zero-order valence-corrected chi connectivity index (χ0v) is 19.7. The van der Waals surface area contributed by atoms with Crippen LogP contribution < -0.4 is 5.32 Å². The van der Waals surface area contributed by atoms with Gasteiger partial charge < -0.3 is 19.9 Å². The van der Waals surface area contributed by atoms with Gasteiger partial charge in [-0.2, -0.15) is 13.2 Å². The van der Waals surface area contributed by atoms with E-state index >= 15 is 0 Å². The Balaban J connectivity index is 1.36. The molecule has 1 unspecified atom stereocenters. The Labute approximate surface area is 196 Å². The van der Waals surface area contributed by atoms with Crippen molar-refractivity contribution in [1.29, 1.82) is 4.78 Å². The van der Waals surface area contributed by atoms with E-state index in [1.54, 1.807) is 9.80 Å². The number of nitrogens with one attached hydrogen (secondary N) is 2. The highest BCUT2D eigenvalue weighted by molar-refractivity contribution is 7.91. The van der Waals surface area contributed by atoms with E-state index in [0.29, 0.717) is 57.4 Å². The van der Waals surface area contributed by atoms with Crippen molar-refractivity contribution >= 4 is 21.7 Å². The Morgan fingerprint density at radius 3 is 2.50 bits per heavy atom. The molecule has 0 bridgehead atoms. The minimum absolute atomic E-state index is 0.0488. The number of ether oxygens (including phenoxy) is 1. The maximum Gasteiger partial charge on any atom is 0.416 e. The van der Waals surface area contributed by atoms with Crippen LogP contribution in [0.2, 0.25) is 0 Å². The summed E-state index contributed by atoms with van der Waals surface area (Å²) in [6.45, 7) is 1.97. The van der Waals surface area contributed by atoms with E-state index < -0.39 is 21.5 Å². The predicted molar refractivity (Wildman–Crippen MR) is 118 cm³/mol. The van der Waals surface area contributed by atoms with Crippen molar-refractivity contribution in [2.75, 3.05) is 39.0 Å². The fourth-order valence-electron chi connectivity index (χ4n) is 4.90. The highest BCUT2D eigenvalue weighted by Gasteiger charge is 2.38. The monoisotopic (exact) mass is 502 g/mol. The normalized spacial score (nSPS) is 25.9. The van der Waals surface area contributed by atoms with Crippen LogP contribution in [0.3, 0.4) is 0 Å². The molecule has 3 atom stereocenters. The van der Waals surface area contributed by atoms with E-state index in [2.05, 4.69) is 5.32 Å². The van der Waals surface area contributed by atoms with Crippen molar-refractivity contribution in [2.24, 2.45) is 5.92 Å². The first-order valence-corrected chi connectivity index (χ1v) is 13.3. The van der Waals surface area contributed by atoms with Gasteiger partial charge in [0.05, 0.1) is 27.4 Å². The summed E-state index contributed by atoms with van der Waals surface area (Å²) in [5.41, 5.74) is -0.483. The highest BCUT2D eigenvalue weighted by atomic mass is 32.2. The van der Waals surface area contributed by atoms with Crippen molar-refractivity contribution < 1.29 is 31.7 Å². The number of benzene rings is 1. The number of rotatable bonds is 3. The van der Waals surface area contributed by atoms with E-state index in [0.717, 1.165) is 18.4 Å². The van der Waals surface area contributed by atoms with Crippen LogP contribution in [0, 0.1) is 10.7 Å². The van der Waals surface area contributed by atoms with Gasteiger partial charge in [-0.25, -0.2) is 13.8 Å². The van der Waals surface area contributed by atoms with Gasteiger partial charge in [0.25, 0.3) is 0 Å². The predicted octanol–water partition coefficient (Wildman–Crippen LogP) is 2.70. The van der Waals surface area contributed by atoms with E-state index in [-0.39, 0.29) is 41.5 Å². The maximum absolute atomic E-state index is 13.3. The van der Waals surface area contributed by atoms with Crippen LogP contribution in [-0.4, -0.2) is 77.1 Å². The lowest BCUT2D eigenvalue weighted by Crippen LogP contribution is -2.62. The Kier molecular flexibility index (Phi) is 6.83. The van der Waals surface area contributed by atoms with Crippen molar-refractivity contribution in [1.82, 2.24) is 15.1 Å². The smallest absolute Gasteiger partial charge is 0.366 e. The Bertz CT molecular complexity index is 1050. The van der Waals surface area contributed by atoms with Crippen LogP contribution in [0.1, 0.15) is 30.4 Å². The largest absolute Gasteiger partial charge is 0.416 e. The number of piperidine rings is 2. The number of alkyl halides is 3. The van der Waals surface area contributed by atoms with Gasteiger partial charge in [0, 0.05) is 37.3 Å². The third-order valence-electron chi connectivity index (χ3n) is 6.75. The first-order chi connectivity index (χ1) is 15.9. The third kappa shape index (κ3) is 5.65. The molecule has 3 heterocycles. The number of likely N-dealkylation sites (tertiary alicyclic amines) is 2. The zero-order valence-electron chi connectivity index (χ0n) is 18.9. The lowest BCUT2D eigenvalue weighted by molar-refractivity contribution is -0.140. The molecule has 3 saturated heterocycles. The molecule has 2 N–H and O–H groups in total. The average molecular weight is 503 g/mol. The number of urea groups is 1. The number of carbonyl (C=O) groups is 2. The van der Waals surface area contributed by atoms with Gasteiger partial charge in [-0.15, -0.1) is 0 Å². The van der Waals surface area contributed by atoms with Gasteiger partial charge in [0.15, 0.2) is 0 Å². The van der Waals surface area contributed by atoms with Crippen molar-refractivity contribution in [3.05, 3.63) is 29.3 Å². The van der Waals surface area contributed by atoms with Gasteiger partial charge in [-0.1, -0.05) is 0 Å². The van der Waals surface area contributed by atoms with Gasteiger partial charge >= 0.3 is 12.2 Å². The molecular formula is C22H29F3N4O4S. The standard InChI is InChI=1S/C22H29F3N4O4S/c1-34(26,32)17-10-15(9-16(11-17)22(23,24)25)8-14-2-5-28(6-3-14)21(31)29-7-4-19-18(12-29)27-20(30)13-33-19/h9-11,14,18-19,26H,2-8,12-13H2,1H3,(H,27,30)/t18-,19+,34?/m1/s1. The minimum Gasteiger partial charge on any atom is -0.366 e. The van der Waals surface area contributed by atoms with Crippen LogP contribution in [0.5, 0.6) is 0 Å². The minimum atomic E-state index is -4.58. The first-order valence-electron chi connectivity index (χ1n) is 11.3. The van der Waals surface area contributed by atoms with Crippen molar-refractivity contribution in [3.63, 3.8) is 0 Å². The molecular weight excluding hydrogens is 473 g/mol. The molecule has 0 radical (unpaired) electrons. The Morgan fingerprint density at radius 1 is 1.18 bits per heavy atom. The molecule has 0 aromatic heterocycles. The van der Waals surface area contributed by atoms with Gasteiger partial charge in [0.1, 0.15) is 6.61 Å². The second-order valence-corrected chi connectivity index (χ2v) is 11.5. The molecule has 1 aromatic rings. The second-order valence-electron chi connectivity index (χ2n) is 9.38. The van der Waals surface area contributed by atoms with E-state index in [9.17, 15) is 27.0 Å². The molecule has 8 nitrogen and oxygen atoms in total. The third-order valence-corrected chi connectivity index (χ3v) is 7.88. The molecule has 188 valence electrons. The summed E-state index contributed by atoms with van der Waals surface area (Å²) >= 11 is 0. The average Bonchev–Trinajstić information content (AvgIpc) is 2.77. The van der Waals surface area contributed by atoms with Crippen molar-refractivity contribution in [3.8, 4) is 0 Å². The first kappa shape index (κ1) is 24.8. The number of halogens is 3. The van der Waals surface area contributed by atoms with Crippen molar-refractivity contribution in [2.45, 2.75) is 48.9 Å². The van der Waals surface area contributed by atoms with E-state index in [1.165, 1.54) is 6.07 Å². The lowest BCUT2D eigenvalue weighted by atomic mass is 9.89.